The second-order valence-corrected chi connectivity index (χ2v) is 3.12. The van der Waals surface area contributed by atoms with Crippen LogP contribution in [0.1, 0.15) is 33.1 Å². The number of hydrogen-bond donors (Lipinski definition) is 0. The molecule has 0 amide bonds. The third-order valence-corrected chi connectivity index (χ3v) is 2.44. The van der Waals surface area contributed by atoms with Crippen molar-refractivity contribution in [2.75, 3.05) is 0 Å². The zero-order chi connectivity index (χ0) is 6.85. The highest BCUT2D eigenvalue weighted by Crippen LogP contribution is 2.25. The summed E-state index contributed by atoms with van der Waals surface area (Å²) in [6.45, 7) is 4.22. The minimum absolute atomic E-state index is 0.332. The van der Waals surface area contributed by atoms with E-state index in [1.54, 1.807) is 0 Å². The number of Topliss-reactive ketones (excluding diaryl/α,β-unsaturated/α-hetero) is 1. The molecule has 1 unspecified atom stereocenters. The second kappa shape index (κ2) is 2.51. The fourth-order valence-electron chi connectivity index (χ4n) is 1.39. The molecule has 1 nitrogen and oxygen atoms in total. The van der Waals surface area contributed by atoms with Gasteiger partial charge in [-0.3, -0.25) is 4.79 Å². The summed E-state index contributed by atoms with van der Waals surface area (Å²) in [4.78, 5) is 11.0. The summed E-state index contributed by atoms with van der Waals surface area (Å²) in [7, 11) is 0. The lowest BCUT2D eigenvalue weighted by molar-refractivity contribution is -0.125. The topological polar surface area (TPSA) is 17.1 Å². The van der Waals surface area contributed by atoms with Gasteiger partial charge in [-0.1, -0.05) is 13.8 Å². The van der Waals surface area contributed by atoms with E-state index in [1.165, 1.54) is 6.42 Å². The molecule has 0 spiro atoms. The van der Waals surface area contributed by atoms with E-state index < -0.39 is 0 Å². The van der Waals surface area contributed by atoms with Crippen molar-refractivity contribution in [3.8, 4) is 0 Å². The lowest BCUT2D eigenvalue weighted by Gasteiger charge is -2.23. The molecular weight excluding hydrogens is 112 g/mol. The highest BCUT2D eigenvalue weighted by atomic mass is 16.1. The van der Waals surface area contributed by atoms with Gasteiger partial charge < -0.3 is 0 Å². The number of carbonyl (C=O) groups is 1. The highest BCUT2D eigenvalue weighted by molar-refractivity contribution is 5.81. The summed E-state index contributed by atoms with van der Waals surface area (Å²) < 4.78 is 0. The Morgan fingerprint density at radius 3 is 2.56 bits per heavy atom. The Labute approximate surface area is 56.4 Å². The molecule has 1 aliphatic rings. The van der Waals surface area contributed by atoms with Gasteiger partial charge in [-0.05, 0) is 18.8 Å². The van der Waals surface area contributed by atoms with Gasteiger partial charge in [0.25, 0.3) is 0 Å². The van der Waals surface area contributed by atoms with E-state index in [0.29, 0.717) is 17.6 Å². The van der Waals surface area contributed by atoms with Gasteiger partial charge in [0.1, 0.15) is 5.78 Å². The molecule has 1 fully saturated rings. The van der Waals surface area contributed by atoms with E-state index in [9.17, 15) is 4.79 Å². The van der Waals surface area contributed by atoms with E-state index in [-0.39, 0.29) is 0 Å². The first kappa shape index (κ1) is 6.79. The number of ketones is 1. The average molecular weight is 126 g/mol. The lowest BCUT2D eigenvalue weighted by atomic mass is 9.81. The molecule has 0 aromatic carbocycles. The molecule has 2 atom stereocenters. The molecule has 0 aromatic heterocycles. The summed E-state index contributed by atoms with van der Waals surface area (Å²) in [5.74, 6) is 1.43. The van der Waals surface area contributed by atoms with Gasteiger partial charge in [0, 0.05) is 12.3 Å². The normalized spacial score (nSPS) is 36.9. The molecular formula is C8H14O. The minimum atomic E-state index is 0.332. The Morgan fingerprint density at radius 1 is 1.44 bits per heavy atom. The van der Waals surface area contributed by atoms with Crippen LogP contribution in [0.25, 0.3) is 0 Å². The Balaban J connectivity index is 2.51. The number of rotatable bonds is 0. The molecule has 0 aliphatic heterocycles. The van der Waals surface area contributed by atoms with Crippen molar-refractivity contribution in [1.82, 2.24) is 0 Å². The van der Waals surface area contributed by atoms with Gasteiger partial charge in [-0.2, -0.15) is 0 Å². The summed E-state index contributed by atoms with van der Waals surface area (Å²) in [6.07, 6.45) is 3.18. The fourth-order valence-corrected chi connectivity index (χ4v) is 1.39. The van der Waals surface area contributed by atoms with Crippen LogP contribution in [-0.4, -0.2) is 5.78 Å². The van der Waals surface area contributed by atoms with Gasteiger partial charge >= 0.3 is 0 Å². The van der Waals surface area contributed by atoms with Crippen molar-refractivity contribution in [2.24, 2.45) is 11.8 Å². The summed E-state index contributed by atoms with van der Waals surface area (Å²) in [6, 6.07) is 0. The maximum atomic E-state index is 11.0. The zero-order valence-electron chi connectivity index (χ0n) is 6.18. The first-order valence-corrected chi connectivity index (χ1v) is 3.74. The van der Waals surface area contributed by atoms with E-state index >= 15 is 0 Å². The molecule has 9 heavy (non-hydrogen) atoms. The smallest absolute Gasteiger partial charge is 0.135 e. The Hall–Kier alpha value is -0.330. The Kier molecular flexibility index (Phi) is 1.89. The van der Waals surface area contributed by atoms with Crippen molar-refractivity contribution in [2.45, 2.75) is 33.1 Å². The summed E-state index contributed by atoms with van der Waals surface area (Å²) in [5, 5.41) is 0. The van der Waals surface area contributed by atoms with Crippen LogP contribution < -0.4 is 0 Å². The molecule has 1 aliphatic carbocycles. The van der Waals surface area contributed by atoms with Crippen molar-refractivity contribution in [3.63, 3.8) is 0 Å². The Morgan fingerprint density at radius 2 is 2.11 bits per heavy atom. The lowest BCUT2D eigenvalue weighted by Crippen LogP contribution is -2.23. The molecule has 1 saturated carbocycles. The van der Waals surface area contributed by atoms with Gasteiger partial charge in [0.15, 0.2) is 0 Å². The van der Waals surface area contributed by atoms with Gasteiger partial charge in [0.2, 0.25) is 0 Å². The number of hydrogen-bond acceptors (Lipinski definition) is 1. The Bertz CT molecular complexity index is 118. The van der Waals surface area contributed by atoms with E-state index in [1.807, 2.05) is 6.92 Å². The summed E-state index contributed by atoms with van der Waals surface area (Å²) >= 11 is 0. The predicted molar refractivity (Wildman–Crippen MR) is 37.2 cm³/mol. The second-order valence-electron chi connectivity index (χ2n) is 3.12. The molecule has 0 heterocycles. The summed E-state index contributed by atoms with van der Waals surface area (Å²) in [5.41, 5.74) is 0. The predicted octanol–water partition coefficient (Wildman–Crippen LogP) is 2.01. The quantitative estimate of drug-likeness (QED) is 0.485. The molecule has 1 rings (SSSR count). The molecule has 1 heteroatoms. The molecule has 52 valence electrons. The SMILES string of the molecule is CC1CCCC(=O)[C@H]1C. The van der Waals surface area contributed by atoms with Crippen LogP contribution in [0.4, 0.5) is 0 Å². The molecule has 0 N–H and O–H groups in total. The molecule has 0 aromatic rings. The van der Waals surface area contributed by atoms with E-state index in [0.717, 1.165) is 12.8 Å². The van der Waals surface area contributed by atoms with Crippen LogP contribution in [-0.2, 0) is 4.79 Å². The molecule has 0 saturated heterocycles. The van der Waals surface area contributed by atoms with Crippen molar-refractivity contribution in [3.05, 3.63) is 0 Å². The van der Waals surface area contributed by atoms with Gasteiger partial charge in [-0.25, -0.2) is 0 Å². The third kappa shape index (κ3) is 1.32. The highest BCUT2D eigenvalue weighted by Gasteiger charge is 2.23. The maximum absolute atomic E-state index is 11.0. The number of carbonyl (C=O) groups excluding carboxylic acids is 1. The van der Waals surface area contributed by atoms with Gasteiger partial charge in [0.05, 0.1) is 0 Å². The standard InChI is InChI=1S/C8H14O/c1-6-4-3-5-8(9)7(6)2/h6-7H,3-5H2,1-2H3/t6?,7-/m0/s1. The fraction of sp³-hybridized carbons (Fsp3) is 0.875. The van der Waals surface area contributed by atoms with Crippen LogP contribution >= 0.6 is 0 Å². The van der Waals surface area contributed by atoms with E-state index in [4.69, 9.17) is 0 Å². The van der Waals surface area contributed by atoms with Crippen LogP contribution in [0.3, 0.4) is 0 Å². The largest absolute Gasteiger partial charge is 0.299 e. The maximum Gasteiger partial charge on any atom is 0.135 e. The van der Waals surface area contributed by atoms with Crippen LogP contribution in [0.5, 0.6) is 0 Å². The van der Waals surface area contributed by atoms with Crippen LogP contribution in [0, 0.1) is 11.8 Å². The zero-order valence-corrected chi connectivity index (χ0v) is 6.18. The molecule has 0 bridgehead atoms. The first-order valence-electron chi connectivity index (χ1n) is 3.74. The van der Waals surface area contributed by atoms with Crippen LogP contribution in [0.2, 0.25) is 0 Å². The van der Waals surface area contributed by atoms with E-state index in [2.05, 4.69) is 6.92 Å². The average Bonchev–Trinajstić information content (AvgIpc) is 1.83. The van der Waals surface area contributed by atoms with Crippen LogP contribution in [0.15, 0.2) is 0 Å². The monoisotopic (exact) mass is 126 g/mol. The first-order chi connectivity index (χ1) is 4.22. The van der Waals surface area contributed by atoms with Gasteiger partial charge in [-0.15, -0.1) is 0 Å². The van der Waals surface area contributed by atoms with Crippen molar-refractivity contribution in [1.29, 1.82) is 0 Å². The minimum Gasteiger partial charge on any atom is -0.299 e. The molecule has 0 radical (unpaired) electrons. The van der Waals surface area contributed by atoms with Crippen molar-refractivity contribution < 1.29 is 4.79 Å². The van der Waals surface area contributed by atoms with Crippen molar-refractivity contribution >= 4 is 5.78 Å². The third-order valence-electron chi connectivity index (χ3n) is 2.44.